The van der Waals surface area contributed by atoms with Crippen molar-refractivity contribution in [2.45, 2.75) is 57.7 Å². The number of hydrogen-bond acceptors (Lipinski definition) is 4. The zero-order valence-electron chi connectivity index (χ0n) is 16.2. The van der Waals surface area contributed by atoms with Gasteiger partial charge in [0.15, 0.2) is 10.6 Å². The Morgan fingerprint density at radius 3 is 2.83 bits per heavy atom. The number of nitrogens with zero attached hydrogens (tertiary/aromatic N) is 4. The predicted octanol–water partition coefficient (Wildman–Crippen LogP) is 3.80. The van der Waals surface area contributed by atoms with Crippen LogP contribution in [0.5, 0.6) is 0 Å². The van der Waals surface area contributed by atoms with Crippen molar-refractivity contribution in [1.29, 1.82) is 0 Å². The van der Waals surface area contributed by atoms with Crippen molar-refractivity contribution in [3.63, 3.8) is 0 Å². The minimum Gasteiger partial charge on any atom is -0.343 e. The van der Waals surface area contributed by atoms with Crippen molar-refractivity contribution in [2.24, 2.45) is 0 Å². The first kappa shape index (κ1) is 18.3. The van der Waals surface area contributed by atoms with Crippen molar-refractivity contribution < 1.29 is 4.79 Å². The smallest absolute Gasteiger partial charge is 0.272 e. The molecule has 0 atom stereocenters. The van der Waals surface area contributed by atoms with E-state index in [9.17, 15) is 4.79 Å². The van der Waals surface area contributed by atoms with Crippen LogP contribution in [0.4, 0.5) is 0 Å². The summed E-state index contributed by atoms with van der Waals surface area (Å²) >= 11 is 5.33. The van der Waals surface area contributed by atoms with Crippen LogP contribution < -0.4 is 5.32 Å². The summed E-state index contributed by atoms with van der Waals surface area (Å²) in [5.41, 5.74) is 2.63. The molecule has 3 heterocycles. The third kappa shape index (κ3) is 3.53. The zero-order chi connectivity index (χ0) is 19.8. The summed E-state index contributed by atoms with van der Waals surface area (Å²) < 4.78 is 4.88. The number of fused-ring (bicyclic) bond motifs is 1. The largest absolute Gasteiger partial charge is 0.343 e. The highest BCUT2D eigenvalue weighted by Crippen LogP contribution is 2.35. The lowest BCUT2D eigenvalue weighted by molar-refractivity contribution is 0.0943. The molecular weight excluding hydrogens is 384 g/mol. The first-order chi connectivity index (χ1) is 14.2. The molecule has 150 valence electrons. The highest BCUT2D eigenvalue weighted by Gasteiger charge is 2.28. The number of H-pyrrole nitrogens is 1. The number of imidazole rings is 1. The van der Waals surface area contributed by atoms with E-state index >= 15 is 0 Å². The molecule has 7 nitrogen and oxygen atoms in total. The molecule has 0 radical (unpaired) electrons. The van der Waals surface area contributed by atoms with Crippen LogP contribution in [0, 0.1) is 4.77 Å². The standard InChI is InChI=1S/C21H24N6OS/c28-20(22-13-17-24-25-21(29)27(17)15-10-11-15)18-16-9-5-2-6-12-26(16)19(23-18)14-7-3-1-4-8-14/h1,3-4,7-8,15H,2,5-6,9-13H2,(H,22,28)(H,25,29). The van der Waals surface area contributed by atoms with E-state index in [4.69, 9.17) is 17.2 Å². The first-order valence-corrected chi connectivity index (χ1v) is 10.7. The number of aromatic amines is 1. The van der Waals surface area contributed by atoms with Crippen LogP contribution in [0.3, 0.4) is 0 Å². The van der Waals surface area contributed by atoms with E-state index in [1.807, 2.05) is 22.8 Å². The molecule has 29 heavy (non-hydrogen) atoms. The van der Waals surface area contributed by atoms with Crippen molar-refractivity contribution in [3.05, 3.63) is 52.3 Å². The van der Waals surface area contributed by atoms with Crippen LogP contribution in [-0.2, 0) is 19.5 Å². The van der Waals surface area contributed by atoms with Crippen LogP contribution in [0.1, 0.15) is 60.2 Å². The van der Waals surface area contributed by atoms with Gasteiger partial charge in [-0.15, -0.1) is 0 Å². The third-order valence-electron chi connectivity index (χ3n) is 5.71. The number of carbonyl (C=O) groups is 1. The van der Waals surface area contributed by atoms with Gasteiger partial charge >= 0.3 is 0 Å². The maximum absolute atomic E-state index is 13.1. The molecule has 1 amide bonds. The van der Waals surface area contributed by atoms with Crippen LogP contribution in [0.25, 0.3) is 11.4 Å². The average Bonchev–Trinajstić information content (AvgIpc) is 3.48. The zero-order valence-corrected chi connectivity index (χ0v) is 17.0. The SMILES string of the molecule is O=C(NCc1n[nH]c(=S)n1C1CC1)c1nc(-c2ccccc2)n2c1CCCCC2. The van der Waals surface area contributed by atoms with E-state index in [-0.39, 0.29) is 5.91 Å². The van der Waals surface area contributed by atoms with Gasteiger partial charge in [-0.25, -0.2) is 4.98 Å². The van der Waals surface area contributed by atoms with Gasteiger partial charge in [-0.1, -0.05) is 36.8 Å². The molecule has 2 aromatic heterocycles. The number of rotatable bonds is 5. The van der Waals surface area contributed by atoms with Gasteiger partial charge in [-0.05, 0) is 44.3 Å². The van der Waals surface area contributed by atoms with Gasteiger partial charge in [0.2, 0.25) is 0 Å². The fourth-order valence-corrected chi connectivity index (χ4v) is 4.42. The highest BCUT2D eigenvalue weighted by molar-refractivity contribution is 7.71. The summed E-state index contributed by atoms with van der Waals surface area (Å²) in [6.07, 6.45) is 6.48. The maximum atomic E-state index is 13.1. The average molecular weight is 409 g/mol. The third-order valence-corrected chi connectivity index (χ3v) is 6.00. The molecule has 1 aromatic carbocycles. The van der Waals surface area contributed by atoms with Crippen LogP contribution in [0.2, 0.25) is 0 Å². The van der Waals surface area contributed by atoms with E-state index < -0.39 is 0 Å². The lowest BCUT2D eigenvalue weighted by Gasteiger charge is -2.09. The summed E-state index contributed by atoms with van der Waals surface area (Å²) in [7, 11) is 0. The lowest BCUT2D eigenvalue weighted by Crippen LogP contribution is -2.26. The van der Waals surface area contributed by atoms with Gasteiger partial charge in [-0.2, -0.15) is 5.10 Å². The number of aromatic nitrogens is 5. The number of hydrogen-bond donors (Lipinski definition) is 2. The highest BCUT2D eigenvalue weighted by atomic mass is 32.1. The Kier molecular flexibility index (Phi) is 4.79. The Labute approximate surface area is 174 Å². The van der Waals surface area contributed by atoms with Gasteiger partial charge in [0.1, 0.15) is 11.5 Å². The lowest BCUT2D eigenvalue weighted by atomic mass is 10.1. The van der Waals surface area contributed by atoms with E-state index in [0.717, 1.165) is 61.6 Å². The van der Waals surface area contributed by atoms with Crippen molar-refractivity contribution in [2.75, 3.05) is 0 Å². The molecule has 1 aliphatic carbocycles. The summed E-state index contributed by atoms with van der Waals surface area (Å²) in [6.45, 7) is 1.25. The van der Waals surface area contributed by atoms with Gasteiger partial charge in [-0.3, -0.25) is 14.5 Å². The van der Waals surface area contributed by atoms with E-state index in [0.29, 0.717) is 23.1 Å². The van der Waals surface area contributed by atoms with Crippen molar-refractivity contribution in [1.82, 2.24) is 29.6 Å². The Hall–Kier alpha value is -2.74. The molecule has 0 unspecified atom stereocenters. The molecule has 1 saturated carbocycles. The normalized spacial score (nSPS) is 16.3. The number of nitrogens with one attached hydrogen (secondary N) is 2. The van der Waals surface area contributed by atoms with Gasteiger partial charge in [0.05, 0.1) is 12.2 Å². The van der Waals surface area contributed by atoms with Crippen LogP contribution >= 0.6 is 12.2 Å². The van der Waals surface area contributed by atoms with Gasteiger partial charge < -0.3 is 9.88 Å². The molecule has 8 heteroatoms. The van der Waals surface area contributed by atoms with Crippen molar-refractivity contribution in [3.8, 4) is 11.4 Å². The number of amides is 1. The molecule has 5 rings (SSSR count). The maximum Gasteiger partial charge on any atom is 0.272 e. The molecule has 1 fully saturated rings. The minimum atomic E-state index is -0.144. The van der Waals surface area contributed by atoms with Crippen molar-refractivity contribution >= 4 is 18.1 Å². The topological polar surface area (TPSA) is 80.5 Å². The molecular formula is C21H24N6OS. The Morgan fingerprint density at radius 1 is 1.21 bits per heavy atom. The number of carbonyl (C=O) groups excluding carboxylic acids is 1. The Morgan fingerprint density at radius 2 is 2.03 bits per heavy atom. The molecule has 3 aromatic rings. The molecule has 0 spiro atoms. The minimum absolute atomic E-state index is 0.144. The second-order valence-electron chi connectivity index (χ2n) is 7.79. The number of benzene rings is 1. The summed E-state index contributed by atoms with van der Waals surface area (Å²) in [6, 6.07) is 10.5. The second kappa shape index (κ2) is 7.59. The molecule has 0 bridgehead atoms. The van der Waals surface area contributed by atoms with E-state index in [1.165, 1.54) is 6.42 Å². The molecule has 0 saturated heterocycles. The summed E-state index contributed by atoms with van der Waals surface area (Å²) in [4.78, 5) is 17.9. The predicted molar refractivity (Wildman–Crippen MR) is 112 cm³/mol. The van der Waals surface area contributed by atoms with Gasteiger partial charge in [0.25, 0.3) is 5.91 Å². The molecule has 2 N–H and O–H groups in total. The second-order valence-corrected chi connectivity index (χ2v) is 8.17. The van der Waals surface area contributed by atoms with Crippen LogP contribution in [0.15, 0.2) is 30.3 Å². The van der Waals surface area contributed by atoms with E-state index in [1.54, 1.807) is 0 Å². The molecule has 1 aliphatic heterocycles. The quantitative estimate of drug-likeness (QED) is 0.630. The van der Waals surface area contributed by atoms with Gasteiger partial charge in [0, 0.05) is 18.2 Å². The molecule has 2 aliphatic rings. The Bertz CT molecular complexity index is 1090. The first-order valence-electron chi connectivity index (χ1n) is 10.3. The Balaban J connectivity index is 1.44. The van der Waals surface area contributed by atoms with E-state index in [2.05, 4.69) is 32.2 Å². The van der Waals surface area contributed by atoms with Crippen LogP contribution in [-0.4, -0.2) is 30.2 Å². The fourth-order valence-electron chi connectivity index (χ4n) is 4.12. The fraction of sp³-hybridized carbons (Fsp3) is 0.429. The summed E-state index contributed by atoms with van der Waals surface area (Å²) in [5, 5.41) is 10.2. The summed E-state index contributed by atoms with van der Waals surface area (Å²) in [5.74, 6) is 1.52. The monoisotopic (exact) mass is 408 g/mol.